The monoisotopic (exact) mass is 544 g/mol. The van der Waals surface area contributed by atoms with Gasteiger partial charge in [0.2, 0.25) is 0 Å². The third-order valence-corrected chi connectivity index (χ3v) is 9.64. The average molecular weight is 545 g/mol. The van der Waals surface area contributed by atoms with E-state index < -0.39 is 0 Å². The van der Waals surface area contributed by atoms with Crippen LogP contribution in [0.2, 0.25) is 0 Å². The fourth-order valence-corrected chi connectivity index (χ4v) is 7.29. The molecule has 2 aliphatic carbocycles. The highest BCUT2D eigenvalue weighted by atomic mass is 16.5. The van der Waals surface area contributed by atoms with E-state index in [2.05, 4.69) is 62.9 Å². The van der Waals surface area contributed by atoms with E-state index in [0.29, 0.717) is 13.2 Å². The number of benzene rings is 2. The molecule has 40 heavy (non-hydrogen) atoms. The smallest absolute Gasteiger partial charge is 0.330 e. The molecule has 3 heteroatoms. The van der Waals surface area contributed by atoms with Crippen molar-refractivity contribution in [2.45, 2.75) is 110 Å². The Kier molecular flexibility index (Phi) is 12.2. The summed E-state index contributed by atoms with van der Waals surface area (Å²) in [6, 6.07) is 15.7. The standard InChI is InChI=1S/C37H52O3/c1-4-10-29-11-13-30(14-12-29)31-15-17-33(18-16-31)36-24-21-34(27-28(36)3)32-19-22-35(23-20-32)39-25-8-6-7-9-26-40-37(38)5-2/h5,19-24,27,29-31,33H,2,4,6-18,25-26H2,1,3H3. The maximum Gasteiger partial charge on any atom is 0.330 e. The van der Waals surface area contributed by atoms with Crippen LogP contribution in [0, 0.1) is 24.7 Å². The largest absolute Gasteiger partial charge is 0.494 e. The van der Waals surface area contributed by atoms with Crippen LogP contribution in [0.25, 0.3) is 11.1 Å². The quantitative estimate of drug-likeness (QED) is 0.135. The maximum atomic E-state index is 11.0. The molecular formula is C37H52O3. The number of carbonyl (C=O) groups excluding carboxylic acids is 1. The molecule has 0 aliphatic heterocycles. The first-order valence-electron chi connectivity index (χ1n) is 16.2. The molecule has 2 saturated carbocycles. The number of esters is 1. The van der Waals surface area contributed by atoms with Crippen LogP contribution < -0.4 is 4.74 Å². The number of hydrogen-bond acceptors (Lipinski definition) is 3. The van der Waals surface area contributed by atoms with Crippen LogP contribution >= 0.6 is 0 Å². The Hall–Kier alpha value is -2.55. The summed E-state index contributed by atoms with van der Waals surface area (Å²) in [5.41, 5.74) is 5.56. The highest BCUT2D eigenvalue weighted by Gasteiger charge is 2.31. The van der Waals surface area contributed by atoms with Gasteiger partial charge in [-0.25, -0.2) is 4.79 Å². The number of carbonyl (C=O) groups is 1. The fraction of sp³-hybridized carbons (Fsp3) is 0.595. The van der Waals surface area contributed by atoms with Gasteiger partial charge in [0, 0.05) is 6.08 Å². The first kappa shape index (κ1) is 30.4. The van der Waals surface area contributed by atoms with Crippen molar-refractivity contribution in [2.75, 3.05) is 13.2 Å². The zero-order chi connectivity index (χ0) is 28.2. The molecule has 0 heterocycles. The molecular weight excluding hydrogens is 492 g/mol. The minimum Gasteiger partial charge on any atom is -0.494 e. The van der Waals surface area contributed by atoms with Gasteiger partial charge < -0.3 is 9.47 Å². The molecule has 0 aromatic heterocycles. The van der Waals surface area contributed by atoms with E-state index in [-0.39, 0.29) is 5.97 Å². The molecule has 0 radical (unpaired) electrons. The summed E-state index contributed by atoms with van der Waals surface area (Å²) in [5, 5.41) is 0. The number of rotatable bonds is 14. The van der Waals surface area contributed by atoms with E-state index in [0.717, 1.165) is 55.1 Å². The van der Waals surface area contributed by atoms with Crippen molar-refractivity contribution < 1.29 is 14.3 Å². The molecule has 0 unspecified atom stereocenters. The summed E-state index contributed by atoms with van der Waals surface area (Å²) < 4.78 is 11.0. The number of ether oxygens (including phenoxy) is 2. The van der Waals surface area contributed by atoms with Gasteiger partial charge in [-0.15, -0.1) is 0 Å². The van der Waals surface area contributed by atoms with Crippen molar-refractivity contribution in [3.05, 3.63) is 66.2 Å². The van der Waals surface area contributed by atoms with Crippen LogP contribution in [0.1, 0.15) is 114 Å². The predicted molar refractivity (Wildman–Crippen MR) is 167 cm³/mol. The van der Waals surface area contributed by atoms with Crippen LogP contribution in [0.3, 0.4) is 0 Å². The normalized spacial score (nSPS) is 22.9. The fourth-order valence-electron chi connectivity index (χ4n) is 7.29. The summed E-state index contributed by atoms with van der Waals surface area (Å²) in [6.45, 7) is 9.23. The van der Waals surface area contributed by atoms with E-state index >= 15 is 0 Å². The van der Waals surface area contributed by atoms with Gasteiger partial charge in [-0.2, -0.15) is 0 Å². The van der Waals surface area contributed by atoms with Crippen molar-refractivity contribution in [1.29, 1.82) is 0 Å². The topological polar surface area (TPSA) is 35.5 Å². The Bertz CT molecular complexity index is 1040. The van der Waals surface area contributed by atoms with Crippen LogP contribution in [-0.4, -0.2) is 19.2 Å². The first-order chi connectivity index (χ1) is 19.6. The Morgan fingerprint density at radius 2 is 1.45 bits per heavy atom. The Morgan fingerprint density at radius 1 is 0.825 bits per heavy atom. The third kappa shape index (κ3) is 8.98. The van der Waals surface area contributed by atoms with E-state index in [9.17, 15) is 4.79 Å². The molecule has 0 N–H and O–H groups in total. The van der Waals surface area contributed by atoms with Crippen molar-refractivity contribution in [3.63, 3.8) is 0 Å². The van der Waals surface area contributed by atoms with Gasteiger partial charge in [0.25, 0.3) is 0 Å². The Labute approximate surface area is 243 Å². The van der Waals surface area contributed by atoms with Gasteiger partial charge in [-0.1, -0.05) is 69.5 Å². The van der Waals surface area contributed by atoms with Crippen molar-refractivity contribution >= 4 is 5.97 Å². The van der Waals surface area contributed by atoms with Gasteiger partial charge in [0.15, 0.2) is 0 Å². The molecule has 2 aliphatic rings. The second kappa shape index (κ2) is 16.0. The summed E-state index contributed by atoms with van der Waals surface area (Å²) >= 11 is 0. The van der Waals surface area contributed by atoms with Crippen molar-refractivity contribution in [2.24, 2.45) is 17.8 Å². The minimum absolute atomic E-state index is 0.342. The lowest BCUT2D eigenvalue weighted by Crippen LogP contribution is -2.25. The Balaban J connectivity index is 1.18. The summed E-state index contributed by atoms with van der Waals surface area (Å²) in [4.78, 5) is 11.0. The zero-order valence-electron chi connectivity index (χ0n) is 25.2. The number of unbranched alkanes of at least 4 members (excludes halogenated alkanes) is 3. The summed E-state index contributed by atoms with van der Waals surface area (Å²) in [7, 11) is 0. The van der Waals surface area contributed by atoms with E-state index in [1.165, 1.54) is 87.0 Å². The summed E-state index contributed by atoms with van der Waals surface area (Å²) in [5.74, 6) is 4.32. The molecule has 0 amide bonds. The third-order valence-electron chi connectivity index (χ3n) is 9.64. The maximum absolute atomic E-state index is 11.0. The SMILES string of the molecule is C=CC(=O)OCCCCCCOc1ccc(-c2ccc(C3CCC(C4CCC(CCC)CC4)CC3)c(C)c2)cc1. The molecule has 0 saturated heterocycles. The second-order valence-electron chi connectivity index (χ2n) is 12.4. The zero-order valence-corrected chi connectivity index (χ0v) is 25.2. The van der Waals surface area contributed by atoms with Crippen molar-refractivity contribution in [1.82, 2.24) is 0 Å². The van der Waals surface area contributed by atoms with Gasteiger partial charge in [0.05, 0.1) is 13.2 Å². The highest BCUT2D eigenvalue weighted by Crippen LogP contribution is 2.45. The lowest BCUT2D eigenvalue weighted by atomic mass is 9.67. The van der Waals surface area contributed by atoms with Gasteiger partial charge in [-0.3, -0.25) is 0 Å². The molecule has 2 aromatic carbocycles. The minimum atomic E-state index is -0.342. The molecule has 218 valence electrons. The van der Waals surface area contributed by atoms with Gasteiger partial charge in [0.1, 0.15) is 5.75 Å². The predicted octanol–water partition coefficient (Wildman–Crippen LogP) is 10.2. The molecule has 0 atom stereocenters. The van der Waals surface area contributed by atoms with Crippen LogP contribution in [0.5, 0.6) is 5.75 Å². The Morgan fingerprint density at radius 3 is 2.08 bits per heavy atom. The van der Waals surface area contributed by atoms with Crippen molar-refractivity contribution in [3.8, 4) is 16.9 Å². The van der Waals surface area contributed by atoms with Gasteiger partial charge >= 0.3 is 5.97 Å². The van der Waals surface area contributed by atoms with Crippen LogP contribution in [0.15, 0.2) is 55.1 Å². The second-order valence-corrected chi connectivity index (χ2v) is 12.4. The highest BCUT2D eigenvalue weighted by molar-refractivity contribution is 5.81. The number of hydrogen-bond donors (Lipinski definition) is 0. The lowest BCUT2D eigenvalue weighted by molar-refractivity contribution is -0.137. The molecule has 3 nitrogen and oxygen atoms in total. The van der Waals surface area contributed by atoms with E-state index in [1.807, 2.05) is 0 Å². The first-order valence-corrected chi connectivity index (χ1v) is 16.2. The molecule has 2 aromatic rings. The molecule has 0 bridgehead atoms. The average Bonchev–Trinajstić information content (AvgIpc) is 2.99. The molecule has 4 rings (SSSR count). The van der Waals surface area contributed by atoms with E-state index in [1.54, 1.807) is 5.56 Å². The lowest BCUT2D eigenvalue weighted by Gasteiger charge is -2.38. The number of aryl methyl sites for hydroxylation is 1. The molecule has 0 spiro atoms. The van der Waals surface area contributed by atoms with Crippen LogP contribution in [0.4, 0.5) is 0 Å². The molecule has 2 fully saturated rings. The van der Waals surface area contributed by atoms with Crippen LogP contribution in [-0.2, 0) is 9.53 Å². The summed E-state index contributed by atoms with van der Waals surface area (Å²) in [6.07, 6.45) is 19.6. The van der Waals surface area contributed by atoms with Gasteiger partial charge in [-0.05, 0) is 129 Å². The van der Waals surface area contributed by atoms with E-state index in [4.69, 9.17) is 9.47 Å².